The van der Waals surface area contributed by atoms with E-state index >= 15 is 0 Å². The molecular formula is C42H25N3S. The number of benzene rings is 6. The van der Waals surface area contributed by atoms with Crippen molar-refractivity contribution in [1.82, 2.24) is 14.1 Å². The Morgan fingerprint density at radius 1 is 0.457 bits per heavy atom. The largest absolute Gasteiger partial charge is 0.309 e. The highest BCUT2D eigenvalue weighted by atomic mass is 32.2. The van der Waals surface area contributed by atoms with Crippen molar-refractivity contribution in [3.63, 3.8) is 0 Å². The van der Waals surface area contributed by atoms with E-state index in [1.807, 2.05) is 24.0 Å². The molecule has 1 unspecified atom stereocenters. The molecule has 2 aliphatic rings. The molecule has 0 saturated carbocycles. The Balaban J connectivity index is 1.37. The highest BCUT2D eigenvalue weighted by molar-refractivity contribution is 7.99. The summed E-state index contributed by atoms with van der Waals surface area (Å²) in [5.74, 6) is 0.932. The van der Waals surface area contributed by atoms with Crippen LogP contribution in [0.3, 0.4) is 0 Å². The Kier molecular flexibility index (Phi) is 4.71. The molecule has 0 radical (unpaired) electrons. The average Bonchev–Trinajstić information content (AvgIpc) is 3.63. The van der Waals surface area contributed by atoms with Crippen molar-refractivity contribution >= 4 is 55.4 Å². The number of nitrogens with zero attached hydrogens (tertiary/aromatic N) is 3. The Morgan fingerprint density at radius 3 is 1.98 bits per heavy atom. The molecule has 3 nitrogen and oxygen atoms in total. The van der Waals surface area contributed by atoms with E-state index in [0.717, 1.165) is 5.82 Å². The molecule has 214 valence electrons. The molecule has 0 fully saturated rings. The van der Waals surface area contributed by atoms with Crippen molar-refractivity contribution in [3.8, 4) is 11.5 Å². The van der Waals surface area contributed by atoms with Gasteiger partial charge in [0.05, 0.1) is 33.2 Å². The van der Waals surface area contributed by atoms with Gasteiger partial charge >= 0.3 is 0 Å². The molecule has 1 atom stereocenters. The maximum absolute atomic E-state index is 4.81. The van der Waals surface area contributed by atoms with E-state index in [9.17, 15) is 0 Å². The van der Waals surface area contributed by atoms with E-state index < -0.39 is 5.41 Å². The number of fused-ring (bicyclic) bond motifs is 14. The summed E-state index contributed by atoms with van der Waals surface area (Å²) in [7, 11) is 0. The first-order valence-corrected chi connectivity index (χ1v) is 16.5. The molecule has 0 amide bonds. The van der Waals surface area contributed by atoms with Gasteiger partial charge in [0.1, 0.15) is 5.82 Å². The first kappa shape index (κ1) is 24.7. The fourth-order valence-corrected chi connectivity index (χ4v) is 9.73. The highest BCUT2D eigenvalue weighted by Crippen LogP contribution is 2.61. The topological polar surface area (TPSA) is 22.8 Å². The lowest BCUT2D eigenvalue weighted by atomic mass is 9.62. The second-order valence-corrected chi connectivity index (χ2v) is 13.4. The fourth-order valence-electron chi connectivity index (χ4n) is 8.52. The minimum atomic E-state index is -0.500. The minimum absolute atomic E-state index is 0.500. The van der Waals surface area contributed by atoms with Crippen LogP contribution in [-0.4, -0.2) is 14.1 Å². The van der Waals surface area contributed by atoms with Gasteiger partial charge in [-0.2, -0.15) is 0 Å². The van der Waals surface area contributed by atoms with Crippen LogP contribution in [0.2, 0.25) is 0 Å². The summed E-state index contributed by atoms with van der Waals surface area (Å²) in [6.45, 7) is 0. The molecule has 9 aromatic rings. The number of aromatic nitrogens is 3. The lowest BCUT2D eigenvalue weighted by molar-refractivity contribution is 0.691. The number of pyridine rings is 1. The quantitative estimate of drug-likeness (QED) is 0.186. The lowest BCUT2D eigenvalue weighted by Crippen LogP contribution is -2.37. The zero-order chi connectivity index (χ0) is 30.0. The van der Waals surface area contributed by atoms with Gasteiger partial charge in [-0.3, -0.25) is 4.57 Å². The van der Waals surface area contributed by atoms with Crippen LogP contribution in [0, 0.1) is 0 Å². The van der Waals surface area contributed by atoms with Crippen molar-refractivity contribution in [3.05, 3.63) is 174 Å². The Labute approximate surface area is 269 Å². The fraction of sp³-hybridized carbons (Fsp3) is 0.0238. The zero-order valence-electron chi connectivity index (χ0n) is 24.7. The molecule has 0 N–H and O–H groups in total. The van der Waals surface area contributed by atoms with Crippen LogP contribution in [0.4, 0.5) is 0 Å². The van der Waals surface area contributed by atoms with Gasteiger partial charge in [-0.25, -0.2) is 4.98 Å². The maximum Gasteiger partial charge on any atom is 0.137 e. The second kappa shape index (κ2) is 8.78. The van der Waals surface area contributed by atoms with Crippen molar-refractivity contribution in [2.45, 2.75) is 15.2 Å². The summed E-state index contributed by atoms with van der Waals surface area (Å²) >= 11 is 1.89. The summed E-state index contributed by atoms with van der Waals surface area (Å²) in [4.78, 5) is 7.39. The van der Waals surface area contributed by atoms with Crippen LogP contribution < -0.4 is 0 Å². The van der Waals surface area contributed by atoms with E-state index in [1.165, 1.54) is 81.3 Å². The van der Waals surface area contributed by atoms with Gasteiger partial charge in [-0.05, 0) is 70.8 Å². The van der Waals surface area contributed by atoms with Gasteiger partial charge in [-0.15, -0.1) is 0 Å². The predicted molar refractivity (Wildman–Crippen MR) is 189 cm³/mol. The summed E-state index contributed by atoms with van der Waals surface area (Å²) < 4.78 is 4.84. The van der Waals surface area contributed by atoms with Gasteiger partial charge in [0.15, 0.2) is 0 Å². The first-order valence-electron chi connectivity index (χ1n) is 15.7. The van der Waals surface area contributed by atoms with Crippen molar-refractivity contribution < 1.29 is 0 Å². The van der Waals surface area contributed by atoms with Crippen molar-refractivity contribution in [1.29, 1.82) is 0 Å². The van der Waals surface area contributed by atoms with Crippen LogP contribution in [0.5, 0.6) is 0 Å². The summed E-state index contributed by atoms with van der Waals surface area (Å²) in [5, 5.41) is 5.07. The molecule has 5 heterocycles. The van der Waals surface area contributed by atoms with Gasteiger partial charge in [-0.1, -0.05) is 109 Å². The van der Waals surface area contributed by atoms with Gasteiger partial charge in [0.25, 0.3) is 0 Å². The molecule has 0 aliphatic carbocycles. The Morgan fingerprint density at radius 2 is 1.13 bits per heavy atom. The van der Waals surface area contributed by atoms with Crippen LogP contribution in [0.1, 0.15) is 22.3 Å². The number of hydrogen-bond donors (Lipinski definition) is 0. The molecule has 0 bridgehead atoms. The Bertz CT molecular complexity index is 2740. The van der Waals surface area contributed by atoms with E-state index in [4.69, 9.17) is 4.98 Å². The van der Waals surface area contributed by atoms with Crippen LogP contribution in [0.15, 0.2) is 162 Å². The Hall–Kier alpha value is -5.58. The van der Waals surface area contributed by atoms with Gasteiger partial charge in [0.2, 0.25) is 0 Å². The van der Waals surface area contributed by atoms with E-state index in [-0.39, 0.29) is 0 Å². The standard InChI is InChI=1S/C42H25N3S/c1-6-19-35-26(12-1)28-14-11-17-32-41(28)45(35)36-20-7-3-15-30(36)42(32)31-16-4-8-21-38(31)46-39-25-37-29(24-33(39)42)27-13-2-5-18-34(27)44(37)40-22-9-10-23-43-40/h1-25H. The van der Waals surface area contributed by atoms with Crippen LogP contribution >= 0.6 is 11.8 Å². The number of para-hydroxylation sites is 4. The predicted octanol–water partition coefficient (Wildman–Crippen LogP) is 10.4. The molecule has 6 aromatic carbocycles. The number of hydrogen-bond acceptors (Lipinski definition) is 2. The zero-order valence-corrected chi connectivity index (χ0v) is 25.5. The third-order valence-corrected chi connectivity index (χ3v) is 11.3. The van der Waals surface area contributed by atoms with Gasteiger partial charge in [0, 0.05) is 37.5 Å². The van der Waals surface area contributed by atoms with Gasteiger partial charge < -0.3 is 4.57 Å². The normalized spacial score (nSPS) is 16.3. The first-order chi connectivity index (χ1) is 22.8. The molecule has 1 spiro atoms. The summed E-state index contributed by atoms with van der Waals surface area (Å²) in [6, 6.07) is 53.8. The third kappa shape index (κ3) is 2.89. The molecule has 0 saturated heterocycles. The lowest BCUT2D eigenvalue weighted by Gasteiger charge is -2.45. The molecule has 3 aromatic heterocycles. The molecule has 11 rings (SSSR count). The smallest absolute Gasteiger partial charge is 0.137 e. The summed E-state index contributed by atoms with van der Waals surface area (Å²) in [5.41, 5.74) is 11.0. The monoisotopic (exact) mass is 603 g/mol. The van der Waals surface area contributed by atoms with Crippen molar-refractivity contribution in [2.75, 3.05) is 0 Å². The third-order valence-electron chi connectivity index (χ3n) is 10.2. The summed E-state index contributed by atoms with van der Waals surface area (Å²) in [6.07, 6.45) is 1.88. The van der Waals surface area contributed by atoms with Crippen LogP contribution in [-0.2, 0) is 5.41 Å². The second-order valence-electron chi connectivity index (χ2n) is 12.3. The highest BCUT2D eigenvalue weighted by Gasteiger charge is 2.49. The maximum atomic E-state index is 4.81. The molecular weight excluding hydrogens is 579 g/mol. The average molecular weight is 604 g/mol. The van der Waals surface area contributed by atoms with E-state index in [0.29, 0.717) is 0 Å². The minimum Gasteiger partial charge on any atom is -0.309 e. The van der Waals surface area contributed by atoms with E-state index in [2.05, 4.69) is 149 Å². The molecule has 46 heavy (non-hydrogen) atoms. The van der Waals surface area contributed by atoms with Crippen molar-refractivity contribution in [2.24, 2.45) is 0 Å². The van der Waals surface area contributed by atoms with Crippen LogP contribution in [0.25, 0.3) is 55.1 Å². The molecule has 2 aliphatic heterocycles. The van der Waals surface area contributed by atoms with E-state index in [1.54, 1.807) is 0 Å². The molecule has 4 heteroatoms. The SMILES string of the molecule is c1ccc(-n2c3ccccc3c3cc4c(cc32)Sc2ccccc2C42c3ccccc3-n3c4ccccc4c4cccc2c43)nc1. The number of rotatable bonds is 1.